The standard InChI is InChI=1S/C18H19ClN4O3S/c1-4-23(3)18-20-9-11(10-21-18)17-22-12(8-15(24)25-5-2)16(26-17)13-6-7-14(19)27-13/h6-7,9-10H,4-5,8H2,1-3H3. The van der Waals surface area contributed by atoms with Crippen LogP contribution in [0.3, 0.4) is 0 Å². The minimum absolute atomic E-state index is 0.0136. The molecule has 0 unspecified atom stereocenters. The normalized spacial score (nSPS) is 10.8. The highest BCUT2D eigenvalue weighted by Gasteiger charge is 2.21. The molecule has 0 radical (unpaired) electrons. The number of thiophene rings is 1. The van der Waals surface area contributed by atoms with E-state index in [1.807, 2.05) is 24.9 Å². The van der Waals surface area contributed by atoms with E-state index in [-0.39, 0.29) is 12.4 Å². The molecule has 0 aliphatic carbocycles. The van der Waals surface area contributed by atoms with Crippen molar-refractivity contribution in [2.24, 2.45) is 0 Å². The number of hydrogen-bond donors (Lipinski definition) is 0. The van der Waals surface area contributed by atoms with Gasteiger partial charge in [0, 0.05) is 26.0 Å². The Labute approximate surface area is 166 Å². The van der Waals surface area contributed by atoms with Gasteiger partial charge in [0.15, 0.2) is 5.76 Å². The highest BCUT2D eigenvalue weighted by atomic mass is 35.5. The van der Waals surface area contributed by atoms with E-state index in [1.54, 1.807) is 25.4 Å². The first kappa shape index (κ1) is 19.3. The van der Waals surface area contributed by atoms with Crippen molar-refractivity contribution in [3.63, 3.8) is 0 Å². The van der Waals surface area contributed by atoms with E-state index < -0.39 is 0 Å². The zero-order chi connectivity index (χ0) is 19.4. The predicted molar refractivity (Wildman–Crippen MR) is 105 cm³/mol. The van der Waals surface area contributed by atoms with Crippen molar-refractivity contribution in [2.75, 3.05) is 25.1 Å². The van der Waals surface area contributed by atoms with Crippen LogP contribution in [-0.2, 0) is 16.0 Å². The molecule has 9 heteroatoms. The first-order valence-corrected chi connectivity index (χ1v) is 9.65. The third kappa shape index (κ3) is 4.45. The number of nitrogens with zero attached hydrogens (tertiary/aromatic N) is 4. The summed E-state index contributed by atoms with van der Waals surface area (Å²) in [5, 5.41) is 0. The number of anilines is 1. The zero-order valence-corrected chi connectivity index (χ0v) is 16.8. The van der Waals surface area contributed by atoms with Gasteiger partial charge in [0.25, 0.3) is 0 Å². The van der Waals surface area contributed by atoms with Gasteiger partial charge in [-0.15, -0.1) is 11.3 Å². The average Bonchev–Trinajstić information content (AvgIpc) is 3.27. The second-order valence-corrected chi connectivity index (χ2v) is 7.38. The molecule has 0 aliphatic heterocycles. The Kier molecular flexibility index (Phi) is 6.08. The van der Waals surface area contributed by atoms with Crippen LogP contribution in [0.4, 0.5) is 5.95 Å². The smallest absolute Gasteiger partial charge is 0.312 e. The number of carbonyl (C=O) groups is 1. The lowest BCUT2D eigenvalue weighted by molar-refractivity contribution is -0.142. The van der Waals surface area contributed by atoms with Crippen LogP contribution in [0.5, 0.6) is 0 Å². The van der Waals surface area contributed by atoms with Crippen LogP contribution in [0, 0.1) is 0 Å². The van der Waals surface area contributed by atoms with Crippen molar-refractivity contribution in [3.8, 4) is 22.1 Å². The molecule has 142 valence electrons. The Morgan fingerprint density at radius 1 is 1.30 bits per heavy atom. The molecule has 0 bridgehead atoms. The first-order chi connectivity index (χ1) is 13.0. The van der Waals surface area contributed by atoms with Gasteiger partial charge in [-0.05, 0) is 26.0 Å². The van der Waals surface area contributed by atoms with Gasteiger partial charge in [-0.1, -0.05) is 11.6 Å². The zero-order valence-electron chi connectivity index (χ0n) is 15.2. The Hall–Kier alpha value is -2.45. The minimum atomic E-state index is -0.363. The average molecular weight is 407 g/mol. The molecule has 0 aliphatic rings. The molecule has 3 aromatic rings. The van der Waals surface area contributed by atoms with E-state index >= 15 is 0 Å². The molecule has 27 heavy (non-hydrogen) atoms. The number of rotatable bonds is 7. The van der Waals surface area contributed by atoms with Gasteiger partial charge in [-0.25, -0.2) is 15.0 Å². The molecular weight excluding hydrogens is 388 g/mol. The van der Waals surface area contributed by atoms with Crippen LogP contribution >= 0.6 is 22.9 Å². The first-order valence-electron chi connectivity index (χ1n) is 8.46. The van der Waals surface area contributed by atoms with E-state index in [0.717, 1.165) is 11.4 Å². The molecule has 3 aromatic heterocycles. The van der Waals surface area contributed by atoms with Crippen molar-refractivity contribution in [3.05, 3.63) is 34.6 Å². The Bertz CT molecular complexity index is 923. The topological polar surface area (TPSA) is 81.4 Å². The van der Waals surface area contributed by atoms with E-state index in [2.05, 4.69) is 15.0 Å². The maximum atomic E-state index is 11.9. The molecule has 0 saturated heterocycles. The fourth-order valence-electron chi connectivity index (χ4n) is 2.34. The number of aromatic nitrogens is 3. The van der Waals surface area contributed by atoms with E-state index in [0.29, 0.717) is 39.8 Å². The highest BCUT2D eigenvalue weighted by Crippen LogP contribution is 2.36. The van der Waals surface area contributed by atoms with Gasteiger partial charge in [0.1, 0.15) is 0 Å². The van der Waals surface area contributed by atoms with Crippen molar-refractivity contribution in [1.82, 2.24) is 15.0 Å². The maximum absolute atomic E-state index is 11.9. The van der Waals surface area contributed by atoms with Crippen LogP contribution < -0.4 is 4.90 Å². The molecule has 7 nitrogen and oxygen atoms in total. The monoisotopic (exact) mass is 406 g/mol. The molecule has 0 fully saturated rings. The second-order valence-electron chi connectivity index (χ2n) is 5.67. The molecule has 3 rings (SSSR count). The van der Waals surface area contributed by atoms with Gasteiger partial charge >= 0.3 is 5.97 Å². The summed E-state index contributed by atoms with van der Waals surface area (Å²) < 4.78 is 11.6. The summed E-state index contributed by atoms with van der Waals surface area (Å²) in [5.74, 6) is 1.10. The van der Waals surface area contributed by atoms with Crippen LogP contribution in [0.1, 0.15) is 19.5 Å². The summed E-state index contributed by atoms with van der Waals surface area (Å²) in [6.07, 6.45) is 3.32. The molecule has 0 N–H and O–H groups in total. The van der Waals surface area contributed by atoms with Crippen LogP contribution in [-0.4, -0.2) is 41.1 Å². The third-order valence-electron chi connectivity index (χ3n) is 3.81. The maximum Gasteiger partial charge on any atom is 0.312 e. The Morgan fingerprint density at radius 3 is 2.63 bits per heavy atom. The minimum Gasteiger partial charge on any atom is -0.466 e. The lowest BCUT2D eigenvalue weighted by Crippen LogP contribution is -2.18. The summed E-state index contributed by atoms with van der Waals surface area (Å²) >= 11 is 7.40. The molecule has 3 heterocycles. The summed E-state index contributed by atoms with van der Waals surface area (Å²) in [5.41, 5.74) is 1.12. The summed E-state index contributed by atoms with van der Waals surface area (Å²) in [6.45, 7) is 4.89. The van der Waals surface area contributed by atoms with E-state index in [9.17, 15) is 4.79 Å². The largest absolute Gasteiger partial charge is 0.466 e. The number of hydrogen-bond acceptors (Lipinski definition) is 8. The lowest BCUT2D eigenvalue weighted by Gasteiger charge is -2.13. The van der Waals surface area contributed by atoms with E-state index in [1.165, 1.54) is 11.3 Å². The van der Waals surface area contributed by atoms with Crippen LogP contribution in [0.2, 0.25) is 4.34 Å². The predicted octanol–water partition coefficient (Wildman–Crippen LogP) is 4.08. The summed E-state index contributed by atoms with van der Waals surface area (Å²) in [7, 11) is 1.91. The molecule has 0 atom stereocenters. The summed E-state index contributed by atoms with van der Waals surface area (Å²) in [4.78, 5) is 27.8. The molecule has 0 spiro atoms. The number of halogens is 1. The number of carbonyl (C=O) groups excluding carboxylic acids is 1. The fraction of sp³-hybridized carbons (Fsp3) is 0.333. The SMILES string of the molecule is CCOC(=O)Cc1nc(-c2cnc(N(C)CC)nc2)oc1-c1ccc(Cl)s1. The second kappa shape index (κ2) is 8.49. The quantitative estimate of drug-likeness (QED) is 0.547. The van der Waals surface area contributed by atoms with Crippen LogP contribution in [0.25, 0.3) is 22.1 Å². The molecule has 0 amide bonds. The van der Waals surface area contributed by atoms with Crippen molar-refractivity contribution in [1.29, 1.82) is 0 Å². The van der Waals surface area contributed by atoms with Crippen LogP contribution in [0.15, 0.2) is 28.9 Å². The molecular formula is C18H19ClN4O3S. The van der Waals surface area contributed by atoms with Crippen molar-refractivity contribution in [2.45, 2.75) is 20.3 Å². The Balaban J connectivity index is 1.96. The number of ether oxygens (including phenoxy) is 1. The number of oxazole rings is 1. The van der Waals surface area contributed by atoms with E-state index in [4.69, 9.17) is 20.8 Å². The molecule has 0 aromatic carbocycles. The van der Waals surface area contributed by atoms with Gasteiger partial charge in [0.05, 0.1) is 33.5 Å². The highest BCUT2D eigenvalue weighted by molar-refractivity contribution is 7.19. The van der Waals surface area contributed by atoms with Gasteiger partial charge in [-0.3, -0.25) is 4.79 Å². The lowest BCUT2D eigenvalue weighted by atomic mass is 10.2. The summed E-state index contributed by atoms with van der Waals surface area (Å²) in [6, 6.07) is 3.61. The van der Waals surface area contributed by atoms with Gasteiger partial charge in [-0.2, -0.15) is 0 Å². The van der Waals surface area contributed by atoms with Crippen molar-refractivity contribution < 1.29 is 13.9 Å². The van der Waals surface area contributed by atoms with Crippen molar-refractivity contribution >= 4 is 34.9 Å². The van der Waals surface area contributed by atoms with Gasteiger partial charge < -0.3 is 14.1 Å². The number of esters is 1. The third-order valence-corrected chi connectivity index (χ3v) is 5.04. The Morgan fingerprint density at radius 2 is 2.04 bits per heavy atom. The van der Waals surface area contributed by atoms with Gasteiger partial charge in [0.2, 0.25) is 11.8 Å². The molecule has 0 saturated carbocycles. The fourth-order valence-corrected chi connectivity index (χ4v) is 3.39.